The summed E-state index contributed by atoms with van der Waals surface area (Å²) in [6.45, 7) is 4.51. The van der Waals surface area contributed by atoms with Crippen molar-refractivity contribution >= 4 is 17.8 Å². The lowest BCUT2D eigenvalue weighted by molar-refractivity contribution is 0.131. The maximum absolute atomic E-state index is 9.74. The number of aromatic hydroxyl groups is 1. The first-order valence-electron chi connectivity index (χ1n) is 7.75. The maximum atomic E-state index is 9.74. The third kappa shape index (κ3) is 4.24. The molecule has 0 radical (unpaired) electrons. The van der Waals surface area contributed by atoms with Gasteiger partial charge in [-0.1, -0.05) is 41.9 Å². The number of phenols is 1. The van der Waals surface area contributed by atoms with Crippen LogP contribution in [0.5, 0.6) is 5.75 Å². The molecule has 3 rings (SSSR count). The van der Waals surface area contributed by atoms with Crippen LogP contribution in [0.3, 0.4) is 0 Å². The minimum Gasteiger partial charge on any atom is -0.507 e. The highest BCUT2D eigenvalue weighted by atomic mass is 35.5. The first-order valence-corrected chi connectivity index (χ1v) is 8.13. The van der Waals surface area contributed by atoms with Crippen molar-refractivity contribution in [3.63, 3.8) is 0 Å². The van der Waals surface area contributed by atoms with Gasteiger partial charge in [-0.3, -0.25) is 9.91 Å². The molecule has 5 heteroatoms. The molecule has 0 saturated carbocycles. The van der Waals surface area contributed by atoms with Gasteiger partial charge in [0.25, 0.3) is 0 Å². The summed E-state index contributed by atoms with van der Waals surface area (Å²) in [5, 5.41) is 17.1. The zero-order valence-corrected chi connectivity index (χ0v) is 13.7. The highest BCUT2D eigenvalue weighted by Gasteiger charge is 2.16. The molecule has 1 aliphatic heterocycles. The van der Waals surface area contributed by atoms with E-state index >= 15 is 0 Å². The van der Waals surface area contributed by atoms with E-state index in [2.05, 4.69) is 16.1 Å². The molecule has 1 saturated heterocycles. The number of rotatable bonds is 4. The number of benzene rings is 2. The Morgan fingerprint density at radius 1 is 1.00 bits per heavy atom. The summed E-state index contributed by atoms with van der Waals surface area (Å²) in [7, 11) is 0. The fourth-order valence-electron chi connectivity index (χ4n) is 2.62. The third-order valence-corrected chi connectivity index (χ3v) is 4.37. The molecule has 0 spiro atoms. The fourth-order valence-corrected chi connectivity index (χ4v) is 2.81. The van der Waals surface area contributed by atoms with Gasteiger partial charge < -0.3 is 5.11 Å². The zero-order chi connectivity index (χ0) is 16.1. The van der Waals surface area contributed by atoms with Crippen LogP contribution in [-0.4, -0.2) is 47.4 Å². The Labute approximate surface area is 141 Å². The van der Waals surface area contributed by atoms with Gasteiger partial charge >= 0.3 is 0 Å². The summed E-state index contributed by atoms with van der Waals surface area (Å²) in [5.41, 5.74) is 1.91. The molecule has 0 atom stereocenters. The van der Waals surface area contributed by atoms with Crippen LogP contribution in [0, 0.1) is 0 Å². The molecular weight excluding hydrogens is 310 g/mol. The number of para-hydroxylation sites is 1. The van der Waals surface area contributed by atoms with Crippen LogP contribution in [0.15, 0.2) is 53.6 Å². The Bertz CT molecular complexity index is 681. The normalized spacial score (nSPS) is 16.1. The summed E-state index contributed by atoms with van der Waals surface area (Å²) in [4.78, 5) is 2.38. The van der Waals surface area contributed by atoms with E-state index in [9.17, 15) is 5.11 Å². The van der Waals surface area contributed by atoms with Crippen LogP contribution in [0.25, 0.3) is 0 Å². The molecule has 0 aromatic heterocycles. The maximum Gasteiger partial charge on any atom is 0.124 e. The van der Waals surface area contributed by atoms with Crippen LogP contribution >= 0.6 is 11.6 Å². The highest BCUT2D eigenvalue weighted by Crippen LogP contribution is 2.18. The van der Waals surface area contributed by atoms with Gasteiger partial charge in [-0.15, -0.1) is 0 Å². The van der Waals surface area contributed by atoms with Crippen LogP contribution in [-0.2, 0) is 6.54 Å². The van der Waals surface area contributed by atoms with Gasteiger partial charge in [0.05, 0.1) is 6.21 Å². The van der Waals surface area contributed by atoms with Crippen molar-refractivity contribution in [3.8, 4) is 5.75 Å². The summed E-state index contributed by atoms with van der Waals surface area (Å²) >= 11 is 6.22. The van der Waals surface area contributed by atoms with Crippen molar-refractivity contribution in [2.45, 2.75) is 6.54 Å². The van der Waals surface area contributed by atoms with Gasteiger partial charge in [-0.25, -0.2) is 0 Å². The first kappa shape index (κ1) is 15.8. The second kappa shape index (κ2) is 7.49. The lowest BCUT2D eigenvalue weighted by Crippen LogP contribution is -2.43. The van der Waals surface area contributed by atoms with Crippen LogP contribution in [0.1, 0.15) is 11.1 Å². The molecule has 1 heterocycles. The molecule has 0 aliphatic carbocycles. The number of nitrogens with zero attached hydrogens (tertiary/aromatic N) is 3. The second-order valence-electron chi connectivity index (χ2n) is 5.62. The van der Waals surface area contributed by atoms with Gasteiger partial charge in [0.2, 0.25) is 0 Å². The molecule has 0 amide bonds. The minimum atomic E-state index is 0.258. The number of halogens is 1. The largest absolute Gasteiger partial charge is 0.507 e. The van der Waals surface area contributed by atoms with Gasteiger partial charge in [0.15, 0.2) is 0 Å². The van der Waals surface area contributed by atoms with E-state index in [-0.39, 0.29) is 5.75 Å². The fraction of sp³-hybridized carbons (Fsp3) is 0.278. The van der Waals surface area contributed by atoms with E-state index in [1.54, 1.807) is 18.3 Å². The van der Waals surface area contributed by atoms with Gasteiger partial charge in [0, 0.05) is 43.3 Å². The molecule has 1 N–H and O–H groups in total. The predicted molar refractivity (Wildman–Crippen MR) is 94.0 cm³/mol. The lowest BCUT2D eigenvalue weighted by Gasteiger charge is -2.33. The molecule has 23 heavy (non-hydrogen) atoms. The van der Waals surface area contributed by atoms with Crippen LogP contribution in [0.4, 0.5) is 0 Å². The molecule has 0 bridgehead atoms. The zero-order valence-electron chi connectivity index (χ0n) is 12.9. The molecular formula is C18H20ClN3O. The Kier molecular flexibility index (Phi) is 5.16. The first-order chi connectivity index (χ1) is 11.2. The van der Waals surface area contributed by atoms with Gasteiger partial charge in [0.1, 0.15) is 5.75 Å². The molecule has 120 valence electrons. The molecule has 4 nitrogen and oxygen atoms in total. The Balaban J connectivity index is 1.53. The van der Waals surface area contributed by atoms with Gasteiger partial charge in [-0.2, -0.15) is 5.10 Å². The number of hydrogen-bond acceptors (Lipinski definition) is 4. The Hall–Kier alpha value is -2.04. The quantitative estimate of drug-likeness (QED) is 0.876. The average molecular weight is 330 g/mol. The van der Waals surface area contributed by atoms with E-state index in [1.807, 2.05) is 35.3 Å². The lowest BCUT2D eigenvalue weighted by atomic mass is 10.2. The van der Waals surface area contributed by atoms with Crippen molar-refractivity contribution in [2.75, 3.05) is 26.2 Å². The summed E-state index contributed by atoms with van der Waals surface area (Å²) in [6.07, 6.45) is 1.72. The molecule has 1 fully saturated rings. The number of hydrogen-bond donors (Lipinski definition) is 1. The standard InChI is InChI=1S/C18H20ClN3O/c19-17-7-3-1-6-16(17)14-21-9-11-22(12-10-21)20-13-15-5-2-4-8-18(15)23/h1-8,13,23H,9-12,14H2/b20-13-. The molecule has 1 aliphatic rings. The van der Waals surface area contributed by atoms with E-state index in [4.69, 9.17) is 11.6 Å². The topological polar surface area (TPSA) is 39.1 Å². The monoisotopic (exact) mass is 329 g/mol. The summed E-state index contributed by atoms with van der Waals surface area (Å²) < 4.78 is 0. The number of phenolic OH excluding ortho intramolecular Hbond substituents is 1. The summed E-state index contributed by atoms with van der Waals surface area (Å²) in [5.74, 6) is 0.258. The van der Waals surface area contributed by atoms with Crippen molar-refractivity contribution < 1.29 is 5.11 Å². The number of hydrazone groups is 1. The van der Waals surface area contributed by atoms with Crippen molar-refractivity contribution in [2.24, 2.45) is 5.10 Å². The minimum absolute atomic E-state index is 0.258. The molecule has 0 unspecified atom stereocenters. The van der Waals surface area contributed by atoms with Crippen LogP contribution < -0.4 is 0 Å². The van der Waals surface area contributed by atoms with Gasteiger partial charge in [-0.05, 0) is 23.8 Å². The van der Waals surface area contributed by atoms with E-state index in [0.717, 1.165) is 43.3 Å². The van der Waals surface area contributed by atoms with Crippen LogP contribution in [0.2, 0.25) is 5.02 Å². The second-order valence-corrected chi connectivity index (χ2v) is 6.03. The van der Waals surface area contributed by atoms with Crippen molar-refractivity contribution in [1.82, 2.24) is 9.91 Å². The Morgan fingerprint density at radius 3 is 2.43 bits per heavy atom. The SMILES string of the molecule is Oc1ccccc1/C=N\N1CCN(Cc2ccccc2Cl)CC1. The van der Waals surface area contributed by atoms with E-state index in [1.165, 1.54) is 5.56 Å². The number of piperazine rings is 1. The smallest absolute Gasteiger partial charge is 0.124 e. The van der Waals surface area contributed by atoms with Crippen molar-refractivity contribution in [1.29, 1.82) is 0 Å². The Morgan fingerprint density at radius 2 is 1.70 bits per heavy atom. The molecule has 2 aromatic carbocycles. The molecule has 2 aromatic rings. The third-order valence-electron chi connectivity index (χ3n) is 4.00. The van der Waals surface area contributed by atoms with E-state index < -0.39 is 0 Å². The van der Waals surface area contributed by atoms with Crippen molar-refractivity contribution in [3.05, 3.63) is 64.7 Å². The predicted octanol–water partition coefficient (Wildman–Crippen LogP) is 3.20. The summed E-state index contributed by atoms with van der Waals surface area (Å²) in [6, 6.07) is 15.2. The highest BCUT2D eigenvalue weighted by molar-refractivity contribution is 6.31. The van der Waals surface area contributed by atoms with E-state index in [0.29, 0.717) is 0 Å². The average Bonchev–Trinajstić information content (AvgIpc) is 2.57.